The van der Waals surface area contributed by atoms with Crippen molar-refractivity contribution in [1.82, 2.24) is 5.32 Å². The Balaban J connectivity index is 2.10. The Morgan fingerprint density at radius 1 is 1.37 bits per heavy atom. The molecule has 1 aromatic carbocycles. The van der Waals surface area contributed by atoms with E-state index >= 15 is 0 Å². The smallest absolute Gasteiger partial charge is 0.244 e. The van der Waals surface area contributed by atoms with Crippen molar-refractivity contribution in [2.75, 3.05) is 5.75 Å². The number of benzene rings is 1. The first-order valence-electron chi connectivity index (χ1n) is 5.87. The Kier molecular flexibility index (Phi) is 3.47. The van der Waals surface area contributed by atoms with Crippen LogP contribution in [0.3, 0.4) is 0 Å². The van der Waals surface area contributed by atoms with Crippen LogP contribution in [0.1, 0.15) is 12.5 Å². The molecule has 3 N–H and O–H groups in total. The first-order valence-corrected chi connectivity index (χ1v) is 7.59. The summed E-state index contributed by atoms with van der Waals surface area (Å²) in [7, 11) is -3.19. The highest BCUT2D eigenvalue weighted by Gasteiger charge is 2.33. The van der Waals surface area contributed by atoms with Gasteiger partial charge in [-0.3, -0.25) is 4.79 Å². The monoisotopic (exact) mass is 280 g/mol. The minimum absolute atomic E-state index is 0.108. The zero-order valence-electron chi connectivity index (χ0n) is 10.5. The molecule has 0 saturated carbocycles. The van der Waals surface area contributed by atoms with Gasteiger partial charge in [0.1, 0.15) is 5.54 Å². The van der Waals surface area contributed by atoms with Gasteiger partial charge in [-0.15, -0.1) is 0 Å². The summed E-state index contributed by atoms with van der Waals surface area (Å²) in [6.45, 7) is 1.60. The maximum Gasteiger partial charge on any atom is 0.244 e. The number of carbonyl (C=O) groups is 1. The van der Waals surface area contributed by atoms with E-state index in [2.05, 4.69) is 5.32 Å². The molecule has 2 atom stereocenters. The zero-order valence-corrected chi connectivity index (χ0v) is 11.4. The average molecular weight is 280 g/mol. The fourth-order valence-corrected chi connectivity index (χ4v) is 3.13. The van der Waals surface area contributed by atoms with Crippen LogP contribution in [0.25, 0.3) is 0 Å². The van der Waals surface area contributed by atoms with Gasteiger partial charge in [0, 0.05) is 5.41 Å². The third kappa shape index (κ3) is 3.02. The summed E-state index contributed by atoms with van der Waals surface area (Å²) in [6.07, 6.45) is 1.47. The summed E-state index contributed by atoms with van der Waals surface area (Å²) >= 11 is 0. The Bertz CT molecular complexity index is 606. The van der Waals surface area contributed by atoms with Crippen LogP contribution in [0.2, 0.25) is 0 Å². The molecular formula is C13H16N2O3S. The van der Waals surface area contributed by atoms with Gasteiger partial charge in [-0.05, 0) is 18.6 Å². The molecule has 2 unspecified atom stereocenters. The number of nitrogens with two attached hydrogens (primary N) is 1. The normalized spacial score (nSPS) is 23.8. The van der Waals surface area contributed by atoms with Gasteiger partial charge in [0.25, 0.3) is 0 Å². The molecule has 0 fully saturated rings. The molecular weight excluding hydrogens is 264 g/mol. The SMILES string of the molecule is CC(N)(C(=O)NC1C=CS(=O)(=O)C1)c1ccccc1. The molecule has 6 heteroatoms. The molecule has 0 saturated heterocycles. The summed E-state index contributed by atoms with van der Waals surface area (Å²) in [5.41, 5.74) is 5.53. The molecule has 2 rings (SSSR count). The fraction of sp³-hybridized carbons (Fsp3) is 0.308. The van der Waals surface area contributed by atoms with Gasteiger partial charge in [0.05, 0.1) is 11.8 Å². The number of rotatable bonds is 3. The predicted octanol–water partition coefficient (Wildman–Crippen LogP) is 0.287. The summed E-state index contributed by atoms with van der Waals surface area (Å²) in [5, 5.41) is 3.76. The molecule has 1 aliphatic heterocycles. The summed E-state index contributed by atoms with van der Waals surface area (Å²) < 4.78 is 22.5. The molecule has 0 spiro atoms. The number of nitrogens with one attached hydrogen (secondary N) is 1. The van der Waals surface area contributed by atoms with E-state index in [4.69, 9.17) is 5.73 Å². The molecule has 1 amide bonds. The summed E-state index contributed by atoms with van der Waals surface area (Å²) in [6, 6.07) is 8.45. The Hall–Kier alpha value is -1.66. The van der Waals surface area contributed by atoms with E-state index in [1.165, 1.54) is 6.08 Å². The Labute approximate surface area is 112 Å². The minimum atomic E-state index is -3.19. The highest BCUT2D eigenvalue weighted by Crippen LogP contribution is 2.18. The highest BCUT2D eigenvalue weighted by molar-refractivity contribution is 7.94. The van der Waals surface area contributed by atoms with Crippen LogP contribution in [-0.2, 0) is 20.2 Å². The van der Waals surface area contributed by atoms with Gasteiger partial charge in [0.2, 0.25) is 5.91 Å². The van der Waals surface area contributed by atoms with Gasteiger partial charge in [-0.1, -0.05) is 30.3 Å². The number of amides is 1. The van der Waals surface area contributed by atoms with E-state index < -0.39 is 27.3 Å². The van der Waals surface area contributed by atoms with Crippen LogP contribution in [0.15, 0.2) is 41.8 Å². The molecule has 0 aliphatic carbocycles. The van der Waals surface area contributed by atoms with E-state index in [9.17, 15) is 13.2 Å². The van der Waals surface area contributed by atoms with E-state index in [1.54, 1.807) is 31.2 Å². The Morgan fingerprint density at radius 2 is 2.00 bits per heavy atom. The van der Waals surface area contributed by atoms with Crippen LogP contribution in [-0.4, -0.2) is 26.1 Å². The van der Waals surface area contributed by atoms with Crippen molar-refractivity contribution in [2.45, 2.75) is 18.5 Å². The maximum atomic E-state index is 12.2. The molecule has 0 bridgehead atoms. The Morgan fingerprint density at radius 3 is 2.53 bits per heavy atom. The number of hydrogen-bond acceptors (Lipinski definition) is 4. The number of carbonyl (C=O) groups excluding carboxylic acids is 1. The molecule has 19 heavy (non-hydrogen) atoms. The number of hydrogen-bond donors (Lipinski definition) is 2. The molecule has 102 valence electrons. The van der Waals surface area contributed by atoms with E-state index in [-0.39, 0.29) is 5.75 Å². The maximum absolute atomic E-state index is 12.2. The molecule has 0 radical (unpaired) electrons. The first kappa shape index (κ1) is 13.8. The van der Waals surface area contributed by atoms with E-state index in [0.29, 0.717) is 5.56 Å². The minimum Gasteiger partial charge on any atom is -0.347 e. The largest absolute Gasteiger partial charge is 0.347 e. The quantitative estimate of drug-likeness (QED) is 0.832. The lowest BCUT2D eigenvalue weighted by atomic mass is 9.92. The summed E-state index contributed by atoms with van der Waals surface area (Å²) in [5.74, 6) is -0.505. The van der Waals surface area contributed by atoms with Crippen molar-refractivity contribution in [3.63, 3.8) is 0 Å². The first-order chi connectivity index (χ1) is 8.81. The topological polar surface area (TPSA) is 89.3 Å². The lowest BCUT2D eigenvalue weighted by Gasteiger charge is -2.25. The predicted molar refractivity (Wildman–Crippen MR) is 72.8 cm³/mol. The van der Waals surface area contributed by atoms with Crippen molar-refractivity contribution in [1.29, 1.82) is 0 Å². The third-order valence-corrected chi connectivity index (χ3v) is 4.49. The standard InChI is InChI=1S/C13H16N2O3S/c1-13(14,10-5-3-2-4-6-10)12(16)15-11-7-8-19(17,18)9-11/h2-8,11H,9,14H2,1H3,(H,15,16). The van der Waals surface area contributed by atoms with E-state index in [0.717, 1.165) is 5.41 Å². The second kappa shape index (κ2) is 4.79. The van der Waals surface area contributed by atoms with Gasteiger partial charge in [-0.2, -0.15) is 0 Å². The van der Waals surface area contributed by atoms with Crippen molar-refractivity contribution >= 4 is 15.7 Å². The second-order valence-electron chi connectivity index (χ2n) is 4.81. The van der Waals surface area contributed by atoms with Crippen LogP contribution >= 0.6 is 0 Å². The van der Waals surface area contributed by atoms with Gasteiger partial charge >= 0.3 is 0 Å². The van der Waals surface area contributed by atoms with Gasteiger partial charge < -0.3 is 11.1 Å². The average Bonchev–Trinajstić information content (AvgIpc) is 2.69. The van der Waals surface area contributed by atoms with Crippen LogP contribution in [0.4, 0.5) is 0 Å². The molecule has 0 aromatic heterocycles. The lowest BCUT2D eigenvalue weighted by molar-refractivity contribution is -0.126. The van der Waals surface area contributed by atoms with E-state index in [1.807, 2.05) is 6.07 Å². The van der Waals surface area contributed by atoms with Crippen LogP contribution in [0.5, 0.6) is 0 Å². The zero-order chi connectivity index (χ0) is 14.1. The van der Waals surface area contributed by atoms with Crippen molar-refractivity contribution < 1.29 is 13.2 Å². The second-order valence-corrected chi connectivity index (χ2v) is 6.74. The fourth-order valence-electron chi connectivity index (χ4n) is 1.90. The molecule has 1 heterocycles. The van der Waals surface area contributed by atoms with Crippen LogP contribution in [0, 0.1) is 0 Å². The third-order valence-electron chi connectivity index (χ3n) is 3.09. The molecule has 1 aliphatic rings. The highest BCUT2D eigenvalue weighted by atomic mass is 32.2. The molecule has 5 nitrogen and oxygen atoms in total. The van der Waals surface area contributed by atoms with Crippen molar-refractivity contribution in [3.8, 4) is 0 Å². The molecule has 1 aromatic rings. The van der Waals surface area contributed by atoms with Crippen molar-refractivity contribution in [2.24, 2.45) is 5.73 Å². The number of sulfone groups is 1. The van der Waals surface area contributed by atoms with Gasteiger partial charge in [-0.25, -0.2) is 8.42 Å². The summed E-state index contributed by atoms with van der Waals surface area (Å²) in [4.78, 5) is 12.2. The van der Waals surface area contributed by atoms with Gasteiger partial charge in [0.15, 0.2) is 9.84 Å². The van der Waals surface area contributed by atoms with Crippen LogP contribution < -0.4 is 11.1 Å². The lowest BCUT2D eigenvalue weighted by Crippen LogP contribution is -2.52. The van der Waals surface area contributed by atoms with Crippen molar-refractivity contribution in [3.05, 3.63) is 47.4 Å².